The van der Waals surface area contributed by atoms with Gasteiger partial charge in [0.1, 0.15) is 5.60 Å². The van der Waals surface area contributed by atoms with E-state index in [9.17, 15) is 14.4 Å². The van der Waals surface area contributed by atoms with Crippen LogP contribution >= 0.6 is 0 Å². The third-order valence-electron chi connectivity index (χ3n) is 2.39. The molecule has 1 saturated heterocycles. The molecule has 6 nitrogen and oxygen atoms in total. The summed E-state index contributed by atoms with van der Waals surface area (Å²) in [7, 11) is 0. The molecule has 0 radical (unpaired) electrons. The van der Waals surface area contributed by atoms with E-state index in [1.54, 1.807) is 27.7 Å². The van der Waals surface area contributed by atoms with E-state index in [4.69, 9.17) is 9.47 Å². The van der Waals surface area contributed by atoms with Gasteiger partial charge in [0.15, 0.2) is 6.04 Å². The van der Waals surface area contributed by atoms with Gasteiger partial charge >= 0.3 is 12.1 Å². The monoisotopic (exact) mass is 269 g/mol. The number of amides is 2. The van der Waals surface area contributed by atoms with Gasteiger partial charge in [0, 0.05) is 0 Å². The molecular weight excluding hydrogens is 250 g/mol. The minimum absolute atomic E-state index is 0.0529. The fraction of sp³-hybridized carbons (Fsp3) is 0.615. The zero-order chi connectivity index (χ0) is 14.8. The minimum atomic E-state index is -1.08. The third kappa shape index (κ3) is 3.56. The van der Waals surface area contributed by atoms with Crippen LogP contribution in [0, 0.1) is 0 Å². The Labute approximate surface area is 112 Å². The van der Waals surface area contributed by atoms with Gasteiger partial charge in [0.05, 0.1) is 13.0 Å². The smallest absolute Gasteiger partial charge is 0.418 e. The van der Waals surface area contributed by atoms with Crippen molar-refractivity contribution in [2.75, 3.05) is 6.61 Å². The maximum absolute atomic E-state index is 12.0. The first-order valence-corrected chi connectivity index (χ1v) is 6.06. The fourth-order valence-corrected chi connectivity index (χ4v) is 1.71. The van der Waals surface area contributed by atoms with E-state index in [1.165, 1.54) is 0 Å². The van der Waals surface area contributed by atoms with Crippen LogP contribution in [0.3, 0.4) is 0 Å². The number of rotatable bonds is 2. The van der Waals surface area contributed by atoms with E-state index < -0.39 is 29.6 Å². The lowest BCUT2D eigenvalue weighted by Crippen LogP contribution is -2.46. The van der Waals surface area contributed by atoms with E-state index in [2.05, 4.69) is 6.58 Å². The lowest BCUT2D eigenvalue weighted by atomic mass is 10.1. The van der Waals surface area contributed by atoms with Gasteiger partial charge in [-0.1, -0.05) is 6.58 Å². The van der Waals surface area contributed by atoms with Crippen molar-refractivity contribution in [2.45, 2.75) is 45.8 Å². The molecule has 0 aliphatic carbocycles. The number of nitrogens with zero attached hydrogens (tertiary/aromatic N) is 1. The van der Waals surface area contributed by atoms with Gasteiger partial charge in [-0.3, -0.25) is 4.79 Å². The van der Waals surface area contributed by atoms with Crippen molar-refractivity contribution < 1.29 is 23.9 Å². The Morgan fingerprint density at radius 2 is 2.00 bits per heavy atom. The van der Waals surface area contributed by atoms with E-state index in [0.29, 0.717) is 5.57 Å². The molecule has 1 rings (SSSR count). The molecule has 1 fully saturated rings. The molecule has 1 unspecified atom stereocenters. The van der Waals surface area contributed by atoms with Crippen molar-refractivity contribution >= 4 is 18.0 Å². The summed E-state index contributed by atoms with van der Waals surface area (Å²) in [5.41, 5.74) is -0.408. The average molecular weight is 269 g/mol. The molecule has 1 aliphatic heterocycles. The maximum Gasteiger partial charge on any atom is 0.418 e. The van der Waals surface area contributed by atoms with Crippen LogP contribution in [0.4, 0.5) is 4.79 Å². The molecule has 1 heterocycles. The van der Waals surface area contributed by atoms with E-state index in [-0.39, 0.29) is 13.0 Å². The number of hydrogen-bond acceptors (Lipinski definition) is 5. The summed E-state index contributed by atoms with van der Waals surface area (Å²) >= 11 is 0. The second-order valence-corrected chi connectivity index (χ2v) is 5.23. The molecule has 106 valence electrons. The normalized spacial score (nSPS) is 19.6. The van der Waals surface area contributed by atoms with Crippen LogP contribution in [0.5, 0.6) is 0 Å². The molecule has 0 aromatic heterocycles. The number of likely N-dealkylation sites (tertiary alicyclic amines) is 1. The number of carbonyl (C=O) groups excluding carboxylic acids is 3. The minimum Gasteiger partial charge on any atom is -0.464 e. The Hall–Kier alpha value is -1.85. The highest BCUT2D eigenvalue weighted by Crippen LogP contribution is 2.26. The molecule has 1 aliphatic rings. The number of imide groups is 1. The summed E-state index contributed by atoms with van der Waals surface area (Å²) in [4.78, 5) is 36.3. The van der Waals surface area contributed by atoms with Gasteiger partial charge in [-0.15, -0.1) is 0 Å². The third-order valence-corrected chi connectivity index (χ3v) is 2.39. The van der Waals surface area contributed by atoms with Crippen LogP contribution in [-0.4, -0.2) is 41.1 Å². The van der Waals surface area contributed by atoms with Crippen molar-refractivity contribution in [2.24, 2.45) is 0 Å². The van der Waals surface area contributed by atoms with Gasteiger partial charge in [-0.05, 0) is 33.3 Å². The second kappa shape index (κ2) is 5.42. The Morgan fingerprint density at radius 3 is 2.47 bits per heavy atom. The van der Waals surface area contributed by atoms with Gasteiger partial charge in [-0.2, -0.15) is 0 Å². The van der Waals surface area contributed by atoms with Gasteiger partial charge in [0.2, 0.25) is 5.91 Å². The summed E-state index contributed by atoms with van der Waals surface area (Å²) in [6, 6.07) is -1.08. The quantitative estimate of drug-likeness (QED) is 0.563. The lowest BCUT2D eigenvalue weighted by molar-refractivity contribution is -0.150. The molecule has 0 aromatic rings. The van der Waals surface area contributed by atoms with Gasteiger partial charge in [-0.25, -0.2) is 14.5 Å². The van der Waals surface area contributed by atoms with E-state index in [1.807, 2.05) is 0 Å². The van der Waals surface area contributed by atoms with Gasteiger partial charge < -0.3 is 9.47 Å². The Bertz CT molecular complexity index is 421. The largest absolute Gasteiger partial charge is 0.464 e. The van der Waals surface area contributed by atoms with Crippen molar-refractivity contribution in [3.05, 3.63) is 12.2 Å². The average Bonchev–Trinajstić information content (AvgIpc) is 2.51. The standard InChI is InChI=1S/C13H19NO5/c1-6-18-11(16)10-8(2)7-9(15)14(10)12(17)19-13(3,4)5/h10H,2,6-7H2,1,3-5H3. The van der Waals surface area contributed by atoms with Crippen LogP contribution < -0.4 is 0 Å². The molecule has 2 amide bonds. The number of esters is 1. The summed E-state index contributed by atoms with van der Waals surface area (Å²) in [6.07, 6.45) is -0.905. The van der Waals surface area contributed by atoms with Crippen molar-refractivity contribution in [1.82, 2.24) is 4.90 Å². The molecule has 0 bridgehead atoms. The van der Waals surface area contributed by atoms with Crippen LogP contribution in [0.15, 0.2) is 12.2 Å². The highest BCUT2D eigenvalue weighted by molar-refractivity contribution is 6.03. The highest BCUT2D eigenvalue weighted by Gasteiger charge is 2.45. The highest BCUT2D eigenvalue weighted by atomic mass is 16.6. The molecule has 0 aromatic carbocycles. The topological polar surface area (TPSA) is 72.9 Å². The summed E-state index contributed by atoms with van der Waals surface area (Å²) in [5.74, 6) is -1.17. The Kier molecular flexibility index (Phi) is 4.34. The first-order chi connectivity index (χ1) is 8.67. The lowest BCUT2D eigenvalue weighted by Gasteiger charge is -2.26. The van der Waals surface area contributed by atoms with Crippen LogP contribution in [0.1, 0.15) is 34.1 Å². The van der Waals surface area contributed by atoms with E-state index >= 15 is 0 Å². The number of carbonyl (C=O) groups is 3. The van der Waals surface area contributed by atoms with Crippen molar-refractivity contribution in [3.63, 3.8) is 0 Å². The first kappa shape index (κ1) is 15.2. The predicted octanol–water partition coefficient (Wildman–Crippen LogP) is 1.64. The SMILES string of the molecule is C=C1CC(=O)N(C(=O)OC(C)(C)C)C1C(=O)OCC. The van der Waals surface area contributed by atoms with Crippen LogP contribution in [-0.2, 0) is 19.1 Å². The molecule has 19 heavy (non-hydrogen) atoms. The summed E-state index contributed by atoms with van der Waals surface area (Å²) in [6.45, 7) is 10.5. The summed E-state index contributed by atoms with van der Waals surface area (Å²) in [5, 5.41) is 0. The molecule has 0 saturated carbocycles. The fourth-order valence-electron chi connectivity index (χ4n) is 1.71. The number of hydrogen-bond donors (Lipinski definition) is 0. The van der Waals surface area contributed by atoms with Crippen molar-refractivity contribution in [3.8, 4) is 0 Å². The summed E-state index contributed by atoms with van der Waals surface area (Å²) < 4.78 is 9.97. The van der Waals surface area contributed by atoms with Gasteiger partial charge in [0.25, 0.3) is 0 Å². The maximum atomic E-state index is 12.0. The molecular formula is C13H19NO5. The Balaban J connectivity index is 2.94. The zero-order valence-electron chi connectivity index (χ0n) is 11.7. The Morgan fingerprint density at radius 1 is 1.42 bits per heavy atom. The molecule has 6 heteroatoms. The molecule has 0 spiro atoms. The predicted molar refractivity (Wildman–Crippen MR) is 67.3 cm³/mol. The molecule has 0 N–H and O–H groups in total. The molecule has 1 atom stereocenters. The van der Waals surface area contributed by atoms with Crippen LogP contribution in [0.25, 0.3) is 0 Å². The van der Waals surface area contributed by atoms with Crippen LogP contribution in [0.2, 0.25) is 0 Å². The second-order valence-electron chi connectivity index (χ2n) is 5.23. The number of ether oxygens (including phenoxy) is 2. The zero-order valence-corrected chi connectivity index (χ0v) is 11.7. The van der Waals surface area contributed by atoms with Crippen molar-refractivity contribution in [1.29, 1.82) is 0 Å². The first-order valence-electron chi connectivity index (χ1n) is 6.06. The van der Waals surface area contributed by atoms with E-state index in [0.717, 1.165) is 4.90 Å².